The van der Waals surface area contributed by atoms with E-state index in [-0.39, 0.29) is 37.4 Å². The number of hydrogen-bond acceptors (Lipinski definition) is 5. The first-order valence-corrected chi connectivity index (χ1v) is 9.93. The Morgan fingerprint density at radius 1 is 0.903 bits per heavy atom. The van der Waals surface area contributed by atoms with Gasteiger partial charge in [0.15, 0.2) is 6.61 Å². The molecule has 0 heterocycles. The van der Waals surface area contributed by atoms with Crippen molar-refractivity contribution in [3.63, 3.8) is 0 Å². The molecule has 0 aromatic heterocycles. The highest BCUT2D eigenvalue weighted by Crippen LogP contribution is 2.25. The molecule has 0 spiro atoms. The normalized spacial score (nSPS) is 10.2. The second kappa shape index (κ2) is 11.0. The molecule has 0 fully saturated rings. The van der Waals surface area contributed by atoms with Crippen molar-refractivity contribution in [2.24, 2.45) is 0 Å². The molecule has 3 amide bonds. The van der Waals surface area contributed by atoms with Crippen LogP contribution >= 0.6 is 0 Å². The van der Waals surface area contributed by atoms with Crippen LogP contribution in [0.3, 0.4) is 0 Å². The van der Waals surface area contributed by atoms with Gasteiger partial charge in [0.25, 0.3) is 5.91 Å². The summed E-state index contributed by atoms with van der Waals surface area (Å²) < 4.78 is 5.63. The summed E-state index contributed by atoms with van der Waals surface area (Å²) >= 11 is 0. The summed E-state index contributed by atoms with van der Waals surface area (Å²) in [6.07, 6.45) is 0. The molecule has 0 radical (unpaired) electrons. The Balaban J connectivity index is 1.89. The van der Waals surface area contributed by atoms with E-state index in [4.69, 9.17) is 4.74 Å². The molecule has 31 heavy (non-hydrogen) atoms. The van der Waals surface area contributed by atoms with Crippen molar-refractivity contribution >= 4 is 29.1 Å². The van der Waals surface area contributed by atoms with Gasteiger partial charge >= 0.3 is 0 Å². The van der Waals surface area contributed by atoms with Gasteiger partial charge in [-0.25, -0.2) is 0 Å². The summed E-state index contributed by atoms with van der Waals surface area (Å²) in [5, 5.41) is 5.80. The molecule has 0 atom stereocenters. The van der Waals surface area contributed by atoms with Crippen molar-refractivity contribution in [2.45, 2.75) is 13.8 Å². The van der Waals surface area contributed by atoms with Gasteiger partial charge in [0.2, 0.25) is 11.8 Å². The number of nitrogens with one attached hydrogen (secondary N) is 2. The van der Waals surface area contributed by atoms with Gasteiger partial charge in [-0.2, -0.15) is 0 Å². The Labute approximate surface area is 183 Å². The maximum Gasteiger partial charge on any atom is 0.259 e. The van der Waals surface area contributed by atoms with Crippen LogP contribution in [0.5, 0.6) is 5.75 Å². The van der Waals surface area contributed by atoms with Crippen LogP contribution in [0.4, 0.5) is 11.4 Å². The number of anilines is 2. The van der Waals surface area contributed by atoms with Crippen LogP contribution in [-0.2, 0) is 14.4 Å². The fourth-order valence-electron chi connectivity index (χ4n) is 2.61. The summed E-state index contributed by atoms with van der Waals surface area (Å²) in [6, 6.07) is 12.9. The fourth-order valence-corrected chi connectivity index (χ4v) is 2.61. The van der Waals surface area contributed by atoms with E-state index in [2.05, 4.69) is 10.6 Å². The van der Waals surface area contributed by atoms with Crippen molar-refractivity contribution in [3.05, 3.63) is 53.6 Å². The Morgan fingerprint density at radius 3 is 2.19 bits per heavy atom. The van der Waals surface area contributed by atoms with Crippen LogP contribution in [-0.4, -0.2) is 68.4 Å². The van der Waals surface area contributed by atoms with Crippen LogP contribution < -0.4 is 15.4 Å². The lowest BCUT2D eigenvalue weighted by Crippen LogP contribution is -2.38. The number of carbonyl (C=O) groups excluding carboxylic acids is 3. The number of amides is 3. The topological polar surface area (TPSA) is 91.0 Å². The molecule has 2 N–H and O–H groups in total. The van der Waals surface area contributed by atoms with E-state index in [0.29, 0.717) is 17.1 Å². The highest BCUT2D eigenvalue weighted by atomic mass is 16.5. The minimum absolute atomic E-state index is 0.0185. The average molecular weight is 427 g/mol. The number of ether oxygens (including phenoxy) is 1. The standard InChI is InChI=1S/C23H30N4O4/c1-16-6-9-18(10-7-16)25-21(28)14-27(5)22(29)13-24-19-11-8-17(2)12-20(19)31-15-23(30)26(3)4/h6-12,24H,13-15H2,1-5H3,(H,25,28). The fraction of sp³-hybridized carbons (Fsp3) is 0.348. The molecule has 166 valence electrons. The SMILES string of the molecule is Cc1ccc(NC(=O)CN(C)C(=O)CNc2ccc(C)cc2OCC(=O)N(C)C)cc1. The number of rotatable bonds is 9. The molecule has 2 aromatic carbocycles. The van der Waals surface area contributed by atoms with E-state index in [1.807, 2.05) is 44.2 Å². The molecule has 2 aromatic rings. The quantitative estimate of drug-likeness (QED) is 0.642. The van der Waals surface area contributed by atoms with Crippen LogP contribution in [0.15, 0.2) is 42.5 Å². The zero-order valence-corrected chi connectivity index (χ0v) is 18.7. The minimum Gasteiger partial charge on any atom is -0.482 e. The summed E-state index contributed by atoms with van der Waals surface area (Å²) in [5.74, 6) is -0.207. The van der Waals surface area contributed by atoms with Gasteiger partial charge in [0.05, 0.1) is 18.8 Å². The molecule has 0 saturated carbocycles. The Kier molecular flexibility index (Phi) is 8.43. The highest BCUT2D eigenvalue weighted by Gasteiger charge is 2.15. The highest BCUT2D eigenvalue weighted by molar-refractivity contribution is 5.95. The number of likely N-dealkylation sites (N-methyl/N-ethyl adjacent to an activating group) is 2. The van der Waals surface area contributed by atoms with E-state index in [1.54, 1.807) is 33.3 Å². The van der Waals surface area contributed by atoms with Gasteiger partial charge in [-0.3, -0.25) is 14.4 Å². The summed E-state index contributed by atoms with van der Waals surface area (Å²) in [6.45, 7) is 3.70. The van der Waals surface area contributed by atoms with Gasteiger partial charge in [0.1, 0.15) is 5.75 Å². The lowest BCUT2D eigenvalue weighted by atomic mass is 10.2. The number of carbonyl (C=O) groups is 3. The molecule has 0 unspecified atom stereocenters. The number of aryl methyl sites for hydroxylation is 2. The number of nitrogens with zero attached hydrogens (tertiary/aromatic N) is 2. The van der Waals surface area contributed by atoms with Crippen LogP contribution in [0, 0.1) is 13.8 Å². The third kappa shape index (κ3) is 7.65. The molecular formula is C23H30N4O4. The predicted octanol–water partition coefficient (Wildman–Crippen LogP) is 2.28. The van der Waals surface area contributed by atoms with Gasteiger partial charge in [-0.1, -0.05) is 23.8 Å². The van der Waals surface area contributed by atoms with Gasteiger partial charge < -0.3 is 25.2 Å². The molecular weight excluding hydrogens is 396 g/mol. The monoisotopic (exact) mass is 426 g/mol. The minimum atomic E-state index is -0.277. The average Bonchev–Trinajstić information content (AvgIpc) is 2.72. The largest absolute Gasteiger partial charge is 0.482 e. The maximum atomic E-state index is 12.5. The molecule has 0 aliphatic heterocycles. The first-order chi connectivity index (χ1) is 14.7. The predicted molar refractivity (Wildman–Crippen MR) is 121 cm³/mol. The zero-order chi connectivity index (χ0) is 23.0. The molecule has 2 rings (SSSR count). The first kappa shape index (κ1) is 23.7. The molecule has 0 bridgehead atoms. The Morgan fingerprint density at radius 2 is 1.55 bits per heavy atom. The van der Waals surface area contributed by atoms with E-state index >= 15 is 0 Å². The molecule has 0 saturated heterocycles. The van der Waals surface area contributed by atoms with Gasteiger partial charge in [0, 0.05) is 26.8 Å². The summed E-state index contributed by atoms with van der Waals surface area (Å²) in [4.78, 5) is 39.3. The Bertz CT molecular complexity index is 926. The third-order valence-electron chi connectivity index (χ3n) is 4.56. The lowest BCUT2D eigenvalue weighted by Gasteiger charge is -2.19. The van der Waals surface area contributed by atoms with E-state index in [0.717, 1.165) is 11.1 Å². The van der Waals surface area contributed by atoms with E-state index in [9.17, 15) is 14.4 Å². The number of hydrogen-bond donors (Lipinski definition) is 2. The second-order valence-electron chi connectivity index (χ2n) is 7.59. The first-order valence-electron chi connectivity index (χ1n) is 9.93. The van der Waals surface area contributed by atoms with Crippen molar-refractivity contribution in [1.82, 2.24) is 9.80 Å². The summed E-state index contributed by atoms with van der Waals surface area (Å²) in [7, 11) is 4.89. The third-order valence-corrected chi connectivity index (χ3v) is 4.56. The second-order valence-corrected chi connectivity index (χ2v) is 7.59. The molecule has 0 aliphatic rings. The van der Waals surface area contributed by atoms with E-state index in [1.165, 1.54) is 9.80 Å². The van der Waals surface area contributed by atoms with Crippen molar-refractivity contribution in [2.75, 3.05) is 51.5 Å². The van der Waals surface area contributed by atoms with E-state index < -0.39 is 0 Å². The molecule has 8 nitrogen and oxygen atoms in total. The van der Waals surface area contributed by atoms with Gasteiger partial charge in [-0.05, 0) is 43.7 Å². The van der Waals surface area contributed by atoms with Crippen molar-refractivity contribution < 1.29 is 19.1 Å². The van der Waals surface area contributed by atoms with Crippen LogP contribution in [0.2, 0.25) is 0 Å². The lowest BCUT2D eigenvalue weighted by molar-refractivity contribution is -0.131. The smallest absolute Gasteiger partial charge is 0.259 e. The Hall–Kier alpha value is -3.55. The summed E-state index contributed by atoms with van der Waals surface area (Å²) in [5.41, 5.74) is 3.35. The van der Waals surface area contributed by atoms with Gasteiger partial charge in [-0.15, -0.1) is 0 Å². The zero-order valence-electron chi connectivity index (χ0n) is 18.7. The van der Waals surface area contributed by atoms with Crippen LogP contribution in [0.1, 0.15) is 11.1 Å². The van der Waals surface area contributed by atoms with Crippen molar-refractivity contribution in [1.29, 1.82) is 0 Å². The maximum absolute atomic E-state index is 12.5. The molecule has 8 heteroatoms. The van der Waals surface area contributed by atoms with Crippen molar-refractivity contribution in [3.8, 4) is 5.75 Å². The van der Waals surface area contributed by atoms with Crippen LogP contribution in [0.25, 0.3) is 0 Å². The molecule has 0 aliphatic carbocycles. The number of benzene rings is 2.